The summed E-state index contributed by atoms with van der Waals surface area (Å²) in [7, 11) is 1.95. The van der Waals surface area contributed by atoms with Gasteiger partial charge in [0.05, 0.1) is 5.69 Å². The van der Waals surface area contributed by atoms with Crippen LogP contribution in [0.25, 0.3) is 11.3 Å². The zero-order valence-corrected chi connectivity index (χ0v) is 17.5. The van der Waals surface area contributed by atoms with Crippen molar-refractivity contribution in [2.75, 3.05) is 24.2 Å². The number of benzene rings is 2. The van der Waals surface area contributed by atoms with Gasteiger partial charge in [0.25, 0.3) is 0 Å². The molecule has 4 heteroatoms. The quantitative estimate of drug-likeness (QED) is 0.578. The zero-order valence-electron chi connectivity index (χ0n) is 17.5. The standard InChI is InChI=1S/C24H30N4/c1-6-18-9-10-19(15-22(18)25-5)21-13-14-23(28-27-21)26-16-24(3,4)20-11-7-17(2)8-12-20/h7-15,25H,6,16H2,1-5H3,(H,26,28). The monoisotopic (exact) mass is 374 g/mol. The van der Waals surface area contributed by atoms with Gasteiger partial charge in [0, 0.05) is 30.3 Å². The van der Waals surface area contributed by atoms with Gasteiger partial charge in [0.15, 0.2) is 0 Å². The predicted molar refractivity (Wildman–Crippen MR) is 119 cm³/mol. The minimum absolute atomic E-state index is 0.00569. The van der Waals surface area contributed by atoms with E-state index in [1.165, 1.54) is 16.7 Å². The first kappa shape index (κ1) is 19.9. The molecule has 0 aliphatic carbocycles. The third kappa shape index (κ3) is 4.50. The Hall–Kier alpha value is -2.88. The van der Waals surface area contributed by atoms with E-state index in [-0.39, 0.29) is 5.41 Å². The maximum Gasteiger partial charge on any atom is 0.148 e. The second-order valence-corrected chi connectivity index (χ2v) is 7.88. The second-order valence-electron chi connectivity index (χ2n) is 7.88. The summed E-state index contributed by atoms with van der Waals surface area (Å²) in [5.41, 5.74) is 6.99. The van der Waals surface area contributed by atoms with Crippen LogP contribution in [0.15, 0.2) is 54.6 Å². The van der Waals surface area contributed by atoms with Gasteiger partial charge in [0.2, 0.25) is 0 Å². The second kappa shape index (κ2) is 8.42. The molecule has 0 unspecified atom stereocenters. The molecule has 2 N–H and O–H groups in total. The molecule has 0 aliphatic heterocycles. The predicted octanol–water partition coefficient (Wildman–Crippen LogP) is 5.45. The largest absolute Gasteiger partial charge is 0.388 e. The van der Waals surface area contributed by atoms with E-state index in [9.17, 15) is 0 Å². The topological polar surface area (TPSA) is 49.8 Å². The normalized spacial score (nSPS) is 11.3. The van der Waals surface area contributed by atoms with Crippen molar-refractivity contribution >= 4 is 11.5 Å². The summed E-state index contributed by atoms with van der Waals surface area (Å²) in [5, 5.41) is 15.5. The first-order valence-corrected chi connectivity index (χ1v) is 9.89. The van der Waals surface area contributed by atoms with Crippen LogP contribution in [-0.4, -0.2) is 23.8 Å². The molecule has 3 aromatic rings. The number of anilines is 2. The van der Waals surface area contributed by atoms with Crippen molar-refractivity contribution in [2.45, 2.75) is 39.5 Å². The Labute approximate surface area is 168 Å². The van der Waals surface area contributed by atoms with E-state index in [1.807, 2.05) is 19.2 Å². The molecular formula is C24H30N4. The van der Waals surface area contributed by atoms with Crippen molar-refractivity contribution in [1.29, 1.82) is 0 Å². The number of nitrogens with one attached hydrogen (secondary N) is 2. The highest BCUT2D eigenvalue weighted by Gasteiger charge is 2.20. The van der Waals surface area contributed by atoms with Crippen LogP contribution < -0.4 is 10.6 Å². The highest BCUT2D eigenvalue weighted by atomic mass is 15.2. The Morgan fingerprint density at radius 3 is 2.29 bits per heavy atom. The van der Waals surface area contributed by atoms with Gasteiger partial charge in [-0.2, -0.15) is 0 Å². The molecule has 0 amide bonds. The van der Waals surface area contributed by atoms with E-state index in [0.717, 1.165) is 35.7 Å². The fourth-order valence-corrected chi connectivity index (χ4v) is 3.28. The summed E-state index contributed by atoms with van der Waals surface area (Å²) in [4.78, 5) is 0. The van der Waals surface area contributed by atoms with Gasteiger partial charge in [0.1, 0.15) is 5.82 Å². The molecule has 0 bridgehead atoms. The van der Waals surface area contributed by atoms with Crippen LogP contribution in [-0.2, 0) is 11.8 Å². The van der Waals surface area contributed by atoms with E-state index in [1.54, 1.807) is 0 Å². The van der Waals surface area contributed by atoms with Crippen LogP contribution in [0.4, 0.5) is 11.5 Å². The van der Waals surface area contributed by atoms with Crippen molar-refractivity contribution in [2.24, 2.45) is 0 Å². The Morgan fingerprint density at radius 2 is 1.68 bits per heavy atom. The third-order valence-corrected chi connectivity index (χ3v) is 5.26. The first-order chi connectivity index (χ1) is 13.4. The lowest BCUT2D eigenvalue weighted by Gasteiger charge is -2.26. The van der Waals surface area contributed by atoms with Crippen molar-refractivity contribution in [3.05, 3.63) is 71.3 Å². The smallest absolute Gasteiger partial charge is 0.148 e. The zero-order chi connectivity index (χ0) is 20.1. The summed E-state index contributed by atoms with van der Waals surface area (Å²) in [6.07, 6.45) is 1.00. The summed E-state index contributed by atoms with van der Waals surface area (Å²) >= 11 is 0. The summed E-state index contributed by atoms with van der Waals surface area (Å²) < 4.78 is 0. The SMILES string of the molecule is CCc1ccc(-c2ccc(NCC(C)(C)c3ccc(C)cc3)nn2)cc1NC. The summed E-state index contributed by atoms with van der Waals surface area (Å²) in [6, 6.07) is 19.1. The fourth-order valence-electron chi connectivity index (χ4n) is 3.28. The molecule has 1 heterocycles. The van der Waals surface area contributed by atoms with Crippen LogP contribution >= 0.6 is 0 Å². The van der Waals surface area contributed by atoms with E-state index < -0.39 is 0 Å². The lowest BCUT2D eigenvalue weighted by molar-refractivity contribution is 0.555. The Kier molecular flexibility index (Phi) is 5.98. The molecule has 0 radical (unpaired) electrons. The minimum Gasteiger partial charge on any atom is -0.388 e. The lowest BCUT2D eigenvalue weighted by atomic mass is 9.84. The molecular weight excluding hydrogens is 344 g/mol. The lowest BCUT2D eigenvalue weighted by Crippen LogP contribution is -2.28. The number of hydrogen-bond donors (Lipinski definition) is 2. The third-order valence-electron chi connectivity index (χ3n) is 5.26. The van der Waals surface area contributed by atoms with E-state index in [0.29, 0.717) is 0 Å². The Balaban J connectivity index is 1.70. The molecule has 0 atom stereocenters. The van der Waals surface area contributed by atoms with Gasteiger partial charge in [-0.15, -0.1) is 10.2 Å². The maximum absolute atomic E-state index is 4.42. The molecule has 4 nitrogen and oxygen atoms in total. The highest BCUT2D eigenvalue weighted by molar-refractivity contribution is 5.67. The minimum atomic E-state index is 0.00569. The Morgan fingerprint density at radius 1 is 0.929 bits per heavy atom. The van der Waals surface area contributed by atoms with Crippen molar-refractivity contribution < 1.29 is 0 Å². The van der Waals surface area contributed by atoms with Crippen LogP contribution in [0.3, 0.4) is 0 Å². The van der Waals surface area contributed by atoms with Crippen LogP contribution in [0.1, 0.15) is 37.5 Å². The number of aryl methyl sites for hydroxylation is 2. The summed E-state index contributed by atoms with van der Waals surface area (Å²) in [5.74, 6) is 0.794. The Bertz CT molecular complexity index is 912. The van der Waals surface area contributed by atoms with Crippen LogP contribution in [0.5, 0.6) is 0 Å². The van der Waals surface area contributed by atoms with Crippen LogP contribution in [0.2, 0.25) is 0 Å². The number of aromatic nitrogens is 2. The highest BCUT2D eigenvalue weighted by Crippen LogP contribution is 2.26. The maximum atomic E-state index is 4.42. The number of hydrogen-bond acceptors (Lipinski definition) is 4. The molecule has 0 fully saturated rings. The van der Waals surface area contributed by atoms with Gasteiger partial charge in [-0.25, -0.2) is 0 Å². The van der Waals surface area contributed by atoms with E-state index in [2.05, 4.69) is 91.0 Å². The fraction of sp³-hybridized carbons (Fsp3) is 0.333. The molecule has 0 saturated heterocycles. The van der Waals surface area contributed by atoms with Crippen molar-refractivity contribution in [1.82, 2.24) is 10.2 Å². The molecule has 0 aliphatic rings. The molecule has 3 rings (SSSR count). The van der Waals surface area contributed by atoms with Gasteiger partial charge >= 0.3 is 0 Å². The molecule has 146 valence electrons. The van der Waals surface area contributed by atoms with Gasteiger partial charge in [-0.3, -0.25) is 0 Å². The first-order valence-electron chi connectivity index (χ1n) is 9.89. The average Bonchev–Trinajstić information content (AvgIpc) is 2.72. The van der Waals surface area contributed by atoms with Gasteiger partial charge in [-0.05, 0) is 42.7 Å². The average molecular weight is 375 g/mol. The van der Waals surface area contributed by atoms with Crippen molar-refractivity contribution in [3.63, 3.8) is 0 Å². The van der Waals surface area contributed by atoms with Crippen LogP contribution in [0, 0.1) is 6.92 Å². The molecule has 0 spiro atoms. The van der Waals surface area contributed by atoms with Crippen molar-refractivity contribution in [3.8, 4) is 11.3 Å². The van der Waals surface area contributed by atoms with Gasteiger partial charge in [-0.1, -0.05) is 62.7 Å². The molecule has 28 heavy (non-hydrogen) atoms. The molecule has 0 saturated carbocycles. The van der Waals surface area contributed by atoms with Gasteiger partial charge < -0.3 is 10.6 Å². The molecule has 2 aromatic carbocycles. The molecule has 1 aromatic heterocycles. The summed E-state index contributed by atoms with van der Waals surface area (Å²) in [6.45, 7) is 9.54. The number of rotatable bonds is 7. The number of nitrogens with zero attached hydrogens (tertiary/aromatic N) is 2. The van der Waals surface area contributed by atoms with E-state index >= 15 is 0 Å². The van der Waals surface area contributed by atoms with E-state index in [4.69, 9.17) is 0 Å².